The fourth-order valence-electron chi connectivity index (χ4n) is 4.03. The Hall–Kier alpha value is -2.24. The third-order valence-electron chi connectivity index (χ3n) is 5.79. The Morgan fingerprint density at radius 1 is 1.27 bits per heavy atom. The number of benzene rings is 2. The second-order valence-corrected chi connectivity index (χ2v) is 8.61. The smallest absolute Gasteiger partial charge is 0.321 e. The average Bonchev–Trinajstić information content (AvgIpc) is 2.75. The van der Waals surface area contributed by atoms with Gasteiger partial charge in [-0.2, -0.15) is 0 Å². The maximum absolute atomic E-state index is 12.7. The van der Waals surface area contributed by atoms with E-state index in [2.05, 4.69) is 22.3 Å². The third kappa shape index (κ3) is 6.38. The van der Waals surface area contributed by atoms with Gasteiger partial charge in [0, 0.05) is 37.4 Å². The topological polar surface area (TPSA) is 44.8 Å². The number of anilines is 1. The van der Waals surface area contributed by atoms with E-state index in [9.17, 15) is 4.79 Å². The van der Waals surface area contributed by atoms with Gasteiger partial charge in [0.2, 0.25) is 0 Å². The number of piperidine rings is 1. The van der Waals surface area contributed by atoms with Gasteiger partial charge in [0.05, 0.1) is 7.11 Å². The molecule has 0 bridgehead atoms. The Morgan fingerprint density at radius 2 is 2.03 bits per heavy atom. The highest BCUT2D eigenvalue weighted by Gasteiger charge is 2.23. The molecule has 0 unspecified atom stereocenters. The molecule has 2 aromatic carbocycles. The second-order valence-electron chi connectivity index (χ2n) is 8.18. The van der Waals surface area contributed by atoms with E-state index in [0.717, 1.165) is 61.0 Å². The molecule has 0 aliphatic carbocycles. The summed E-state index contributed by atoms with van der Waals surface area (Å²) in [7, 11) is 3.52. The summed E-state index contributed by atoms with van der Waals surface area (Å²) in [6.45, 7) is 5.94. The lowest BCUT2D eigenvalue weighted by Gasteiger charge is -2.34. The Balaban J connectivity index is 1.47. The summed E-state index contributed by atoms with van der Waals surface area (Å²) in [5, 5.41) is 3.80. The number of urea groups is 1. The number of halogens is 1. The van der Waals surface area contributed by atoms with Crippen LogP contribution in [0.15, 0.2) is 42.5 Å². The predicted octanol–water partition coefficient (Wildman–Crippen LogP) is 5.08. The Kier molecular flexibility index (Phi) is 8.00. The zero-order valence-corrected chi connectivity index (χ0v) is 18.9. The van der Waals surface area contributed by atoms with Gasteiger partial charge in [0.25, 0.3) is 0 Å². The van der Waals surface area contributed by atoms with E-state index in [-0.39, 0.29) is 6.03 Å². The highest BCUT2D eigenvalue weighted by molar-refractivity contribution is 6.30. The van der Waals surface area contributed by atoms with Crippen molar-refractivity contribution in [3.05, 3.63) is 58.6 Å². The normalized spacial score (nSPS) is 16.9. The van der Waals surface area contributed by atoms with E-state index in [1.165, 1.54) is 12.0 Å². The molecule has 1 saturated heterocycles. The molecule has 0 radical (unpaired) electrons. The van der Waals surface area contributed by atoms with Crippen LogP contribution in [0.1, 0.15) is 24.0 Å². The van der Waals surface area contributed by atoms with Crippen LogP contribution >= 0.6 is 11.6 Å². The van der Waals surface area contributed by atoms with Crippen molar-refractivity contribution >= 4 is 23.3 Å². The predicted molar refractivity (Wildman–Crippen MR) is 124 cm³/mol. The van der Waals surface area contributed by atoms with Crippen LogP contribution in [0.5, 0.6) is 5.75 Å². The van der Waals surface area contributed by atoms with Gasteiger partial charge in [0.1, 0.15) is 5.75 Å². The Labute approximate surface area is 185 Å². The zero-order valence-electron chi connectivity index (χ0n) is 18.2. The van der Waals surface area contributed by atoms with Crippen LogP contribution < -0.4 is 10.1 Å². The van der Waals surface area contributed by atoms with E-state index in [0.29, 0.717) is 5.92 Å². The van der Waals surface area contributed by atoms with Crippen molar-refractivity contribution in [1.29, 1.82) is 0 Å². The summed E-state index contributed by atoms with van der Waals surface area (Å²) in [5.74, 6) is 1.29. The molecule has 30 heavy (non-hydrogen) atoms. The summed E-state index contributed by atoms with van der Waals surface area (Å²) >= 11 is 5.97. The number of amides is 2. The molecule has 2 amide bonds. The molecule has 6 heteroatoms. The number of methoxy groups -OCH3 is 1. The van der Waals surface area contributed by atoms with Gasteiger partial charge in [-0.25, -0.2) is 4.79 Å². The largest absolute Gasteiger partial charge is 0.497 e. The van der Waals surface area contributed by atoms with Crippen molar-refractivity contribution < 1.29 is 9.53 Å². The molecule has 5 nitrogen and oxygen atoms in total. The monoisotopic (exact) mass is 429 g/mol. The minimum Gasteiger partial charge on any atom is -0.497 e. The van der Waals surface area contributed by atoms with Gasteiger partial charge in [-0.1, -0.05) is 23.7 Å². The minimum absolute atomic E-state index is 0.0680. The van der Waals surface area contributed by atoms with E-state index in [1.54, 1.807) is 12.0 Å². The first-order valence-electron chi connectivity index (χ1n) is 10.6. The number of nitrogens with one attached hydrogen (secondary N) is 1. The molecule has 162 valence electrons. The molecular formula is C24H32ClN3O2. The van der Waals surface area contributed by atoms with Crippen molar-refractivity contribution in [1.82, 2.24) is 9.80 Å². The van der Waals surface area contributed by atoms with Crippen LogP contribution in [0.25, 0.3) is 0 Å². The van der Waals surface area contributed by atoms with Crippen LogP contribution in [0, 0.1) is 12.8 Å². The first-order valence-corrected chi connectivity index (χ1v) is 11.0. The third-order valence-corrected chi connectivity index (χ3v) is 6.04. The fourth-order valence-corrected chi connectivity index (χ4v) is 4.15. The van der Waals surface area contributed by atoms with E-state index in [4.69, 9.17) is 16.3 Å². The van der Waals surface area contributed by atoms with E-state index >= 15 is 0 Å². The standard InChI is InChI=1S/C24H32ClN3O2/c1-18-15-22(30-3)10-11-23(18)26-24(29)27(2)16-20-5-4-13-28(17-20)14-12-19-6-8-21(25)9-7-19/h6-11,15,20H,4-5,12-14,16-17H2,1-3H3,(H,26,29)/t20-/m0/s1. The molecule has 1 fully saturated rings. The molecule has 1 N–H and O–H groups in total. The van der Waals surface area contributed by atoms with Crippen LogP contribution in [-0.2, 0) is 6.42 Å². The van der Waals surface area contributed by atoms with Gasteiger partial charge >= 0.3 is 6.03 Å². The first-order chi connectivity index (χ1) is 14.4. The number of carbonyl (C=O) groups is 1. The summed E-state index contributed by atoms with van der Waals surface area (Å²) in [6.07, 6.45) is 3.37. The molecule has 1 aliphatic heterocycles. The zero-order chi connectivity index (χ0) is 21.5. The van der Waals surface area contributed by atoms with Crippen molar-refractivity contribution in [2.45, 2.75) is 26.2 Å². The Morgan fingerprint density at radius 3 is 2.73 bits per heavy atom. The van der Waals surface area contributed by atoms with Crippen LogP contribution in [-0.4, -0.2) is 56.2 Å². The molecule has 1 aliphatic rings. The van der Waals surface area contributed by atoms with E-state index < -0.39 is 0 Å². The lowest BCUT2D eigenvalue weighted by atomic mass is 9.97. The average molecular weight is 430 g/mol. The molecular weight excluding hydrogens is 398 g/mol. The number of rotatable bonds is 7. The quantitative estimate of drug-likeness (QED) is 0.667. The number of hydrogen-bond donors (Lipinski definition) is 1. The lowest BCUT2D eigenvalue weighted by molar-refractivity contribution is 0.150. The van der Waals surface area contributed by atoms with Crippen molar-refractivity contribution in [3.63, 3.8) is 0 Å². The minimum atomic E-state index is -0.0680. The van der Waals surface area contributed by atoms with E-state index in [1.807, 2.05) is 44.3 Å². The molecule has 0 spiro atoms. The van der Waals surface area contributed by atoms with Crippen molar-refractivity contribution in [2.24, 2.45) is 5.92 Å². The van der Waals surface area contributed by atoms with Crippen LogP contribution in [0.2, 0.25) is 5.02 Å². The molecule has 3 rings (SSSR count). The maximum atomic E-state index is 12.7. The SMILES string of the molecule is COc1ccc(NC(=O)N(C)C[C@@H]2CCCN(CCc3ccc(Cl)cc3)C2)c(C)c1. The van der Waals surface area contributed by atoms with Gasteiger partial charge in [-0.15, -0.1) is 0 Å². The van der Waals surface area contributed by atoms with Crippen molar-refractivity contribution in [3.8, 4) is 5.75 Å². The molecule has 1 atom stereocenters. The molecule has 0 saturated carbocycles. The van der Waals surface area contributed by atoms with Gasteiger partial charge in [-0.05, 0) is 80.1 Å². The Bertz CT molecular complexity index is 841. The first kappa shape index (κ1) is 22.4. The van der Waals surface area contributed by atoms with Crippen LogP contribution in [0.4, 0.5) is 10.5 Å². The highest BCUT2D eigenvalue weighted by Crippen LogP contribution is 2.22. The lowest BCUT2D eigenvalue weighted by Crippen LogP contribution is -2.43. The number of carbonyl (C=O) groups excluding carboxylic acids is 1. The maximum Gasteiger partial charge on any atom is 0.321 e. The summed E-state index contributed by atoms with van der Waals surface area (Å²) in [6, 6.07) is 13.7. The summed E-state index contributed by atoms with van der Waals surface area (Å²) in [4.78, 5) is 17.0. The molecule has 1 heterocycles. The molecule has 0 aromatic heterocycles. The summed E-state index contributed by atoms with van der Waals surface area (Å²) < 4.78 is 5.23. The highest BCUT2D eigenvalue weighted by atomic mass is 35.5. The van der Waals surface area contributed by atoms with Crippen molar-refractivity contribution in [2.75, 3.05) is 45.7 Å². The fraction of sp³-hybridized carbons (Fsp3) is 0.458. The summed E-state index contributed by atoms with van der Waals surface area (Å²) in [5.41, 5.74) is 3.12. The molecule has 2 aromatic rings. The number of hydrogen-bond acceptors (Lipinski definition) is 3. The van der Waals surface area contributed by atoms with Crippen LogP contribution in [0.3, 0.4) is 0 Å². The number of aryl methyl sites for hydroxylation is 1. The number of ether oxygens (including phenoxy) is 1. The second kappa shape index (κ2) is 10.7. The van der Waals surface area contributed by atoms with Gasteiger partial charge in [0.15, 0.2) is 0 Å². The van der Waals surface area contributed by atoms with Gasteiger partial charge in [-0.3, -0.25) is 0 Å². The van der Waals surface area contributed by atoms with Gasteiger partial charge < -0.3 is 19.9 Å². The number of likely N-dealkylation sites (tertiary alicyclic amines) is 1. The number of nitrogens with zero attached hydrogens (tertiary/aromatic N) is 2.